The van der Waals surface area contributed by atoms with Crippen molar-refractivity contribution in [1.82, 2.24) is 0 Å². The van der Waals surface area contributed by atoms with Crippen LogP contribution in [-0.4, -0.2) is 16.5 Å². The highest BCUT2D eigenvalue weighted by Gasteiger charge is 2.24. The molecule has 0 spiro atoms. The van der Waals surface area contributed by atoms with Crippen LogP contribution in [-0.2, 0) is 9.53 Å². The molecule has 0 amide bonds. The normalized spacial score (nSPS) is 12.9. The van der Waals surface area contributed by atoms with E-state index in [9.17, 15) is 19.3 Å². The maximum Gasteiger partial charge on any atom is 0.313 e. The van der Waals surface area contributed by atoms with Gasteiger partial charge in [-0.25, -0.2) is 0 Å². The second-order valence-electron chi connectivity index (χ2n) is 5.22. The molecule has 1 atom stereocenters. The number of benzene rings is 1. The molecule has 104 valence electrons. The van der Waals surface area contributed by atoms with Crippen LogP contribution in [0.15, 0.2) is 18.2 Å². The molecule has 1 aromatic carbocycles. The number of nitrogens with zero attached hydrogens (tertiary/aromatic N) is 1. The summed E-state index contributed by atoms with van der Waals surface area (Å²) < 4.78 is 18.6. The fourth-order valence-corrected chi connectivity index (χ4v) is 1.47. The van der Waals surface area contributed by atoms with Crippen LogP contribution >= 0.6 is 0 Å². The van der Waals surface area contributed by atoms with Gasteiger partial charge in [0.1, 0.15) is 5.60 Å². The summed E-state index contributed by atoms with van der Waals surface area (Å²) in [6, 6.07) is 3.40. The third kappa shape index (κ3) is 4.01. The van der Waals surface area contributed by atoms with E-state index in [1.807, 2.05) is 0 Å². The standard InChI is InChI=1S/C13H16FNO4/c1-8(12(16)19-13(2,3)4)9-5-6-11(15(17)18)10(14)7-9/h5-8H,1-4H3. The summed E-state index contributed by atoms with van der Waals surface area (Å²) >= 11 is 0. The first-order chi connectivity index (χ1) is 8.61. The molecule has 0 fully saturated rings. The van der Waals surface area contributed by atoms with Crippen molar-refractivity contribution in [1.29, 1.82) is 0 Å². The number of hydrogen-bond acceptors (Lipinski definition) is 4. The van der Waals surface area contributed by atoms with Crippen LogP contribution in [0.2, 0.25) is 0 Å². The minimum Gasteiger partial charge on any atom is -0.460 e. The third-order valence-electron chi connectivity index (χ3n) is 2.43. The zero-order valence-corrected chi connectivity index (χ0v) is 11.3. The van der Waals surface area contributed by atoms with E-state index in [4.69, 9.17) is 4.74 Å². The van der Waals surface area contributed by atoms with E-state index in [1.165, 1.54) is 6.07 Å². The van der Waals surface area contributed by atoms with Gasteiger partial charge in [0.15, 0.2) is 0 Å². The Morgan fingerprint density at radius 3 is 2.42 bits per heavy atom. The second kappa shape index (κ2) is 5.34. The quantitative estimate of drug-likeness (QED) is 0.480. The van der Waals surface area contributed by atoms with Crippen molar-refractivity contribution in [3.8, 4) is 0 Å². The number of carbonyl (C=O) groups excluding carboxylic acids is 1. The molecule has 0 aliphatic heterocycles. The van der Waals surface area contributed by atoms with Crippen molar-refractivity contribution < 1.29 is 18.8 Å². The van der Waals surface area contributed by atoms with E-state index in [0.717, 1.165) is 12.1 Å². The van der Waals surface area contributed by atoms with Crippen LogP contribution in [0.3, 0.4) is 0 Å². The maximum atomic E-state index is 13.5. The first-order valence-corrected chi connectivity index (χ1v) is 5.78. The van der Waals surface area contributed by atoms with E-state index in [2.05, 4.69) is 0 Å². The zero-order valence-electron chi connectivity index (χ0n) is 11.3. The van der Waals surface area contributed by atoms with Gasteiger partial charge in [-0.05, 0) is 39.3 Å². The van der Waals surface area contributed by atoms with Crippen LogP contribution < -0.4 is 0 Å². The monoisotopic (exact) mass is 269 g/mol. The van der Waals surface area contributed by atoms with Crippen molar-refractivity contribution in [2.24, 2.45) is 0 Å². The van der Waals surface area contributed by atoms with Crippen LogP contribution in [0.4, 0.5) is 10.1 Å². The molecule has 1 rings (SSSR count). The fraction of sp³-hybridized carbons (Fsp3) is 0.462. The van der Waals surface area contributed by atoms with Crippen molar-refractivity contribution in [2.75, 3.05) is 0 Å². The first-order valence-electron chi connectivity index (χ1n) is 5.78. The van der Waals surface area contributed by atoms with Crippen molar-refractivity contribution >= 4 is 11.7 Å². The van der Waals surface area contributed by atoms with Crippen LogP contribution in [0.25, 0.3) is 0 Å². The molecule has 0 aliphatic carbocycles. The number of rotatable bonds is 3. The Labute approximate surface area is 110 Å². The van der Waals surface area contributed by atoms with Gasteiger partial charge in [0.25, 0.3) is 0 Å². The summed E-state index contributed by atoms with van der Waals surface area (Å²) in [5, 5.41) is 10.5. The minimum absolute atomic E-state index is 0.345. The number of nitro benzene ring substituents is 1. The van der Waals surface area contributed by atoms with Crippen molar-refractivity contribution in [3.63, 3.8) is 0 Å². The van der Waals surface area contributed by atoms with Gasteiger partial charge in [0.2, 0.25) is 5.82 Å². The van der Waals surface area contributed by atoms with E-state index in [0.29, 0.717) is 5.56 Å². The molecule has 0 aliphatic rings. The van der Waals surface area contributed by atoms with Crippen LogP contribution in [0, 0.1) is 15.9 Å². The Morgan fingerprint density at radius 2 is 2.00 bits per heavy atom. The Bertz CT molecular complexity index is 508. The molecule has 0 radical (unpaired) electrons. The van der Waals surface area contributed by atoms with Gasteiger partial charge in [-0.3, -0.25) is 14.9 Å². The third-order valence-corrected chi connectivity index (χ3v) is 2.43. The van der Waals surface area contributed by atoms with Gasteiger partial charge >= 0.3 is 11.7 Å². The molecular weight excluding hydrogens is 253 g/mol. The van der Waals surface area contributed by atoms with Crippen LogP contribution in [0.5, 0.6) is 0 Å². The molecule has 0 saturated heterocycles. The Balaban J connectivity index is 2.95. The number of esters is 1. The largest absolute Gasteiger partial charge is 0.460 e. The van der Waals surface area contributed by atoms with Gasteiger partial charge in [0.05, 0.1) is 10.8 Å². The van der Waals surface area contributed by atoms with Crippen LogP contribution in [0.1, 0.15) is 39.2 Å². The number of halogens is 1. The summed E-state index contributed by atoms with van der Waals surface area (Å²) in [6.45, 7) is 6.75. The molecule has 6 heteroatoms. The number of carbonyl (C=O) groups is 1. The lowest BCUT2D eigenvalue weighted by Crippen LogP contribution is -2.26. The SMILES string of the molecule is CC(C(=O)OC(C)(C)C)c1ccc([N+](=O)[O-])c(F)c1. The highest BCUT2D eigenvalue weighted by atomic mass is 19.1. The van der Waals surface area contributed by atoms with E-state index < -0.39 is 33.9 Å². The molecule has 1 aromatic rings. The van der Waals surface area contributed by atoms with Gasteiger partial charge in [0, 0.05) is 6.07 Å². The van der Waals surface area contributed by atoms with Crippen molar-refractivity contribution in [2.45, 2.75) is 39.2 Å². The fourth-order valence-electron chi connectivity index (χ4n) is 1.47. The molecule has 0 N–H and O–H groups in total. The average molecular weight is 269 g/mol. The molecule has 0 saturated carbocycles. The second-order valence-corrected chi connectivity index (χ2v) is 5.22. The first kappa shape index (κ1) is 15.1. The highest BCUT2D eigenvalue weighted by molar-refractivity contribution is 5.78. The maximum absolute atomic E-state index is 13.5. The zero-order chi connectivity index (χ0) is 14.8. The molecule has 19 heavy (non-hydrogen) atoms. The molecule has 0 heterocycles. The number of hydrogen-bond donors (Lipinski definition) is 0. The topological polar surface area (TPSA) is 69.4 Å². The Morgan fingerprint density at radius 1 is 1.42 bits per heavy atom. The highest BCUT2D eigenvalue weighted by Crippen LogP contribution is 2.25. The van der Waals surface area contributed by atoms with E-state index in [-0.39, 0.29) is 0 Å². The summed E-state index contributed by atoms with van der Waals surface area (Å²) in [5.41, 5.74) is -0.900. The smallest absolute Gasteiger partial charge is 0.313 e. The molecule has 5 nitrogen and oxygen atoms in total. The molecule has 1 unspecified atom stereocenters. The molecular formula is C13H16FNO4. The summed E-state index contributed by atoms with van der Waals surface area (Å²) in [4.78, 5) is 21.5. The predicted molar refractivity (Wildman–Crippen MR) is 67.3 cm³/mol. The Kier molecular flexibility index (Phi) is 4.24. The summed E-state index contributed by atoms with van der Waals surface area (Å²) in [6.07, 6.45) is 0. The number of nitro groups is 1. The molecule has 0 bridgehead atoms. The Hall–Kier alpha value is -1.98. The van der Waals surface area contributed by atoms with E-state index >= 15 is 0 Å². The lowest BCUT2D eigenvalue weighted by atomic mass is 10.0. The number of ether oxygens (including phenoxy) is 1. The summed E-state index contributed by atoms with van der Waals surface area (Å²) in [7, 11) is 0. The lowest BCUT2D eigenvalue weighted by Gasteiger charge is -2.22. The lowest BCUT2D eigenvalue weighted by molar-refractivity contribution is -0.387. The average Bonchev–Trinajstić information content (AvgIpc) is 2.24. The van der Waals surface area contributed by atoms with Gasteiger partial charge in [-0.2, -0.15) is 4.39 Å². The predicted octanol–water partition coefficient (Wildman–Crippen LogP) is 3.18. The minimum atomic E-state index is -0.960. The van der Waals surface area contributed by atoms with Gasteiger partial charge in [-0.15, -0.1) is 0 Å². The van der Waals surface area contributed by atoms with Gasteiger partial charge < -0.3 is 4.74 Å². The summed E-state index contributed by atoms with van der Waals surface area (Å²) in [5.74, 6) is -2.15. The van der Waals surface area contributed by atoms with E-state index in [1.54, 1.807) is 27.7 Å². The van der Waals surface area contributed by atoms with Gasteiger partial charge in [-0.1, -0.05) is 6.07 Å². The van der Waals surface area contributed by atoms with Crippen molar-refractivity contribution in [3.05, 3.63) is 39.7 Å². The molecule has 0 aromatic heterocycles.